The van der Waals surface area contributed by atoms with Crippen LogP contribution in [0.1, 0.15) is 25.7 Å². The summed E-state index contributed by atoms with van der Waals surface area (Å²) < 4.78 is 27.2. The summed E-state index contributed by atoms with van der Waals surface area (Å²) in [5.41, 5.74) is 0. The Bertz CT molecular complexity index is 483. The van der Waals surface area contributed by atoms with Crippen LogP contribution in [0.15, 0.2) is 33.6 Å². The number of sulfonamides is 1. The van der Waals surface area contributed by atoms with Crippen molar-refractivity contribution in [3.8, 4) is 0 Å². The van der Waals surface area contributed by atoms with E-state index in [2.05, 4.69) is 20.7 Å². The summed E-state index contributed by atoms with van der Waals surface area (Å²) in [5.74, 6) is 0.852. The second-order valence-corrected chi connectivity index (χ2v) is 7.12. The van der Waals surface area contributed by atoms with E-state index in [1.165, 1.54) is 12.8 Å². The standard InChI is InChI=1S/C12H16BrNO2S/c13-11-4-1-5-12(9-11)17(15,16)14-8-2-3-10-6-7-10/h1,4-5,9-10,14H,2-3,6-8H2. The van der Waals surface area contributed by atoms with Gasteiger partial charge in [0.05, 0.1) is 4.90 Å². The van der Waals surface area contributed by atoms with E-state index < -0.39 is 10.0 Å². The number of rotatable bonds is 6. The lowest BCUT2D eigenvalue weighted by molar-refractivity contribution is 0.572. The van der Waals surface area contributed by atoms with Gasteiger partial charge in [-0.05, 0) is 37.0 Å². The molecule has 0 saturated heterocycles. The largest absolute Gasteiger partial charge is 0.240 e. The van der Waals surface area contributed by atoms with Gasteiger partial charge in [0.1, 0.15) is 0 Å². The molecule has 0 unspecified atom stereocenters. The van der Waals surface area contributed by atoms with Crippen molar-refractivity contribution < 1.29 is 8.42 Å². The van der Waals surface area contributed by atoms with Crippen LogP contribution in [0.25, 0.3) is 0 Å². The van der Waals surface area contributed by atoms with Gasteiger partial charge in [0.2, 0.25) is 10.0 Å². The minimum Gasteiger partial charge on any atom is -0.211 e. The van der Waals surface area contributed by atoms with E-state index in [0.29, 0.717) is 11.4 Å². The minimum absolute atomic E-state index is 0.318. The number of halogens is 1. The summed E-state index contributed by atoms with van der Waals surface area (Å²) in [6, 6.07) is 6.76. The van der Waals surface area contributed by atoms with Crippen LogP contribution in [-0.4, -0.2) is 15.0 Å². The van der Waals surface area contributed by atoms with E-state index in [4.69, 9.17) is 0 Å². The van der Waals surface area contributed by atoms with Crippen LogP contribution in [0.3, 0.4) is 0 Å². The number of nitrogens with one attached hydrogen (secondary N) is 1. The van der Waals surface area contributed by atoms with Gasteiger partial charge in [0, 0.05) is 11.0 Å². The molecule has 1 aromatic rings. The van der Waals surface area contributed by atoms with Crippen LogP contribution in [0.4, 0.5) is 0 Å². The van der Waals surface area contributed by atoms with Crippen molar-refractivity contribution in [3.63, 3.8) is 0 Å². The highest BCUT2D eigenvalue weighted by Crippen LogP contribution is 2.33. The highest BCUT2D eigenvalue weighted by Gasteiger charge is 2.20. The summed E-state index contributed by atoms with van der Waals surface area (Å²) in [7, 11) is -3.34. The van der Waals surface area contributed by atoms with Crippen molar-refractivity contribution in [2.45, 2.75) is 30.6 Å². The zero-order valence-corrected chi connectivity index (χ0v) is 11.9. The van der Waals surface area contributed by atoms with Crippen LogP contribution in [0.5, 0.6) is 0 Å². The molecule has 0 bridgehead atoms. The molecule has 2 rings (SSSR count). The summed E-state index contributed by atoms with van der Waals surface area (Å²) in [6.07, 6.45) is 4.70. The molecule has 1 aliphatic rings. The maximum Gasteiger partial charge on any atom is 0.240 e. The summed E-state index contributed by atoms with van der Waals surface area (Å²) in [4.78, 5) is 0.318. The highest BCUT2D eigenvalue weighted by molar-refractivity contribution is 9.10. The molecule has 0 heterocycles. The first-order chi connectivity index (χ1) is 8.08. The Kier molecular flexibility index (Phi) is 4.22. The molecule has 0 spiro atoms. The molecule has 0 amide bonds. The fourth-order valence-corrected chi connectivity index (χ4v) is 3.39. The second-order valence-electron chi connectivity index (χ2n) is 4.44. The first-order valence-corrected chi connectivity index (χ1v) is 8.11. The molecule has 3 nitrogen and oxygen atoms in total. The smallest absolute Gasteiger partial charge is 0.211 e. The zero-order valence-electron chi connectivity index (χ0n) is 9.52. The predicted octanol–water partition coefficient (Wildman–Crippen LogP) is 2.92. The summed E-state index contributed by atoms with van der Waals surface area (Å²) in [5, 5.41) is 0. The maximum absolute atomic E-state index is 11.9. The van der Waals surface area contributed by atoms with Gasteiger partial charge in [0.25, 0.3) is 0 Å². The average Bonchev–Trinajstić information content (AvgIpc) is 3.08. The third-order valence-electron chi connectivity index (χ3n) is 2.88. The Morgan fingerprint density at radius 1 is 1.35 bits per heavy atom. The molecule has 0 radical (unpaired) electrons. The lowest BCUT2D eigenvalue weighted by Gasteiger charge is -2.06. The van der Waals surface area contributed by atoms with Crippen molar-refractivity contribution in [1.29, 1.82) is 0 Å². The first-order valence-electron chi connectivity index (χ1n) is 5.83. The fraction of sp³-hybridized carbons (Fsp3) is 0.500. The van der Waals surface area contributed by atoms with Gasteiger partial charge in [0.15, 0.2) is 0 Å². The molecule has 0 aromatic heterocycles. The number of hydrogen-bond acceptors (Lipinski definition) is 2. The summed E-state index contributed by atoms with van der Waals surface area (Å²) >= 11 is 3.27. The highest BCUT2D eigenvalue weighted by atomic mass is 79.9. The second kappa shape index (κ2) is 5.50. The Balaban J connectivity index is 1.88. The Labute approximate surface area is 111 Å². The molecular weight excluding hydrogens is 302 g/mol. The Morgan fingerprint density at radius 2 is 2.12 bits per heavy atom. The van der Waals surface area contributed by atoms with E-state index in [1.807, 2.05) is 6.07 Å². The van der Waals surface area contributed by atoms with E-state index in [-0.39, 0.29) is 0 Å². The zero-order chi connectivity index (χ0) is 12.3. The maximum atomic E-state index is 11.9. The molecule has 94 valence electrons. The normalized spacial score (nSPS) is 16.1. The van der Waals surface area contributed by atoms with Crippen molar-refractivity contribution >= 4 is 26.0 Å². The van der Waals surface area contributed by atoms with E-state index in [0.717, 1.165) is 23.2 Å². The van der Waals surface area contributed by atoms with Crippen molar-refractivity contribution in [1.82, 2.24) is 4.72 Å². The van der Waals surface area contributed by atoms with E-state index >= 15 is 0 Å². The van der Waals surface area contributed by atoms with Gasteiger partial charge < -0.3 is 0 Å². The number of hydrogen-bond donors (Lipinski definition) is 1. The van der Waals surface area contributed by atoms with Crippen LogP contribution in [0, 0.1) is 5.92 Å². The minimum atomic E-state index is -3.34. The third-order valence-corrected chi connectivity index (χ3v) is 4.84. The quantitative estimate of drug-likeness (QED) is 0.820. The molecule has 0 atom stereocenters. The van der Waals surface area contributed by atoms with Crippen LogP contribution in [0.2, 0.25) is 0 Å². The van der Waals surface area contributed by atoms with Gasteiger partial charge in [-0.15, -0.1) is 0 Å². The molecule has 17 heavy (non-hydrogen) atoms. The molecule has 0 aliphatic heterocycles. The Hall–Kier alpha value is -0.390. The van der Waals surface area contributed by atoms with E-state index in [1.54, 1.807) is 18.2 Å². The first kappa shape index (κ1) is 13.1. The van der Waals surface area contributed by atoms with Crippen molar-refractivity contribution in [2.75, 3.05) is 6.54 Å². The average molecular weight is 318 g/mol. The predicted molar refractivity (Wildman–Crippen MR) is 71.3 cm³/mol. The van der Waals surface area contributed by atoms with Gasteiger partial charge in [-0.3, -0.25) is 0 Å². The fourth-order valence-electron chi connectivity index (χ4n) is 1.72. The van der Waals surface area contributed by atoms with Gasteiger partial charge in [-0.25, -0.2) is 13.1 Å². The lowest BCUT2D eigenvalue weighted by atomic mass is 10.2. The summed E-state index contributed by atoms with van der Waals surface area (Å²) in [6.45, 7) is 0.533. The van der Waals surface area contributed by atoms with Crippen molar-refractivity contribution in [3.05, 3.63) is 28.7 Å². The molecule has 1 N–H and O–H groups in total. The van der Waals surface area contributed by atoms with Gasteiger partial charge in [-0.1, -0.05) is 34.8 Å². The lowest BCUT2D eigenvalue weighted by Crippen LogP contribution is -2.24. The molecule has 1 aliphatic carbocycles. The Morgan fingerprint density at radius 3 is 2.76 bits per heavy atom. The SMILES string of the molecule is O=S(=O)(NCCCC1CC1)c1cccc(Br)c1. The topological polar surface area (TPSA) is 46.2 Å². The van der Waals surface area contributed by atoms with Gasteiger partial charge >= 0.3 is 0 Å². The monoisotopic (exact) mass is 317 g/mol. The number of benzene rings is 1. The van der Waals surface area contributed by atoms with Crippen molar-refractivity contribution in [2.24, 2.45) is 5.92 Å². The van der Waals surface area contributed by atoms with E-state index in [9.17, 15) is 8.42 Å². The molecule has 1 fully saturated rings. The molecule has 1 saturated carbocycles. The van der Waals surface area contributed by atoms with Crippen LogP contribution in [-0.2, 0) is 10.0 Å². The molecular formula is C12H16BrNO2S. The van der Waals surface area contributed by atoms with Crippen LogP contribution < -0.4 is 4.72 Å². The van der Waals surface area contributed by atoms with Crippen LogP contribution >= 0.6 is 15.9 Å². The van der Waals surface area contributed by atoms with Gasteiger partial charge in [-0.2, -0.15) is 0 Å². The third kappa shape index (κ3) is 4.08. The molecule has 5 heteroatoms. The molecule has 1 aromatic carbocycles.